The quantitative estimate of drug-likeness (QED) is 0.374. The molecule has 0 radical (unpaired) electrons. The summed E-state index contributed by atoms with van der Waals surface area (Å²) >= 11 is 0. The zero-order valence-electron chi connectivity index (χ0n) is 12.8. The van der Waals surface area contributed by atoms with Gasteiger partial charge in [0, 0.05) is 11.8 Å². The van der Waals surface area contributed by atoms with Gasteiger partial charge in [0.25, 0.3) is 5.56 Å². The smallest absolute Gasteiger partial charge is 0.809 e. The van der Waals surface area contributed by atoms with Gasteiger partial charge in [-0.1, -0.05) is 6.92 Å². The summed E-state index contributed by atoms with van der Waals surface area (Å²) in [6.45, 7) is 0.969. The van der Waals surface area contributed by atoms with Crippen LogP contribution >= 0.6 is 7.60 Å². The first kappa shape index (κ1) is 24.2. The van der Waals surface area contributed by atoms with Crippen LogP contribution in [0.15, 0.2) is 15.8 Å². The van der Waals surface area contributed by atoms with Crippen LogP contribution in [0.25, 0.3) is 0 Å². The Morgan fingerprint density at radius 3 is 2.45 bits per heavy atom. The van der Waals surface area contributed by atoms with Gasteiger partial charge in [-0.15, -0.1) is 0 Å². The fourth-order valence-corrected chi connectivity index (χ4v) is 1.91. The third-order valence-corrected chi connectivity index (χ3v) is 3.00. The third-order valence-electron chi connectivity index (χ3n) is 2.54. The number of aryl methyl sites for hydroxylation is 1. The summed E-state index contributed by atoms with van der Waals surface area (Å²) in [7, 11) is -4.85. The van der Waals surface area contributed by atoms with E-state index < -0.39 is 37.9 Å². The number of ether oxygens (including phenoxy) is 1. The van der Waals surface area contributed by atoms with E-state index in [2.05, 4.69) is 4.98 Å². The maximum Gasteiger partial charge on any atom is 1.00 e. The fourth-order valence-electron chi connectivity index (χ4n) is 1.52. The number of nitrogens with zero attached hydrogens (tertiary/aromatic N) is 1. The second-order valence-electron chi connectivity index (χ2n) is 4.13. The zero-order valence-corrected chi connectivity index (χ0v) is 13.7. The molecule has 0 aromatic carbocycles. The van der Waals surface area contributed by atoms with Gasteiger partial charge in [0.05, 0.1) is 25.6 Å². The van der Waals surface area contributed by atoms with Crippen molar-refractivity contribution in [1.29, 1.82) is 0 Å². The zero-order chi connectivity index (χ0) is 15.3. The van der Waals surface area contributed by atoms with Gasteiger partial charge in [0.15, 0.2) is 0 Å². The normalized spacial score (nSPS) is 12.2. The van der Waals surface area contributed by atoms with Crippen LogP contribution in [0.2, 0.25) is 0 Å². The first-order valence-corrected chi connectivity index (χ1v) is 7.55. The number of hydrogen-bond donors (Lipinski definition) is 2. The number of nitrogens with one attached hydrogen (secondary N) is 1. The van der Waals surface area contributed by atoms with E-state index >= 15 is 0 Å². The Hall–Kier alpha value is -0.0552. The summed E-state index contributed by atoms with van der Waals surface area (Å²) in [5.41, 5.74) is -0.847. The number of aliphatic hydroxyl groups is 1. The average Bonchev–Trinajstić information content (AvgIpc) is 2.35. The molecule has 1 heterocycles. The summed E-state index contributed by atoms with van der Waals surface area (Å²) in [4.78, 5) is 45.9. The van der Waals surface area contributed by atoms with Crippen molar-refractivity contribution in [3.8, 4) is 0 Å². The van der Waals surface area contributed by atoms with Crippen molar-refractivity contribution in [3.63, 3.8) is 0 Å². The van der Waals surface area contributed by atoms with Crippen molar-refractivity contribution >= 4 is 7.60 Å². The molecule has 0 aliphatic carbocycles. The maximum atomic E-state index is 11.6. The summed E-state index contributed by atoms with van der Waals surface area (Å²) < 4.78 is 16.3. The molecule has 0 spiro atoms. The molecular formula is C10H15Li2N2O7P. The van der Waals surface area contributed by atoms with Gasteiger partial charge in [-0.3, -0.25) is 14.3 Å². The summed E-state index contributed by atoms with van der Waals surface area (Å²) in [5, 5.41) is 9.05. The number of aromatic nitrogens is 2. The second-order valence-corrected chi connectivity index (χ2v) is 5.61. The van der Waals surface area contributed by atoms with E-state index in [1.165, 1.54) is 6.20 Å². The Balaban J connectivity index is 0. The number of aromatic amines is 1. The summed E-state index contributed by atoms with van der Waals surface area (Å²) in [6, 6.07) is 0. The standard InChI is InChI=1S/C10H17N2O7P.2Li/c1-2-7-3-12(10(15)11-9(7)14)4-8(5-13)19-6-20(16,17)18;;/h3,8,13H,2,4-6H2,1H3,(H,11,14,15)(H2,16,17,18);;/q;2*+1/p-2/t8-;;/m0../s1. The first-order chi connectivity index (χ1) is 9.26. The van der Waals surface area contributed by atoms with E-state index in [-0.39, 0.29) is 44.3 Å². The molecule has 1 aromatic heterocycles. The number of rotatable bonds is 7. The molecule has 0 aliphatic heterocycles. The Bertz CT molecular complexity index is 612. The molecule has 114 valence electrons. The molecule has 0 bridgehead atoms. The predicted octanol–water partition coefficient (Wildman–Crippen LogP) is -8.64. The molecule has 9 nitrogen and oxygen atoms in total. The average molecular weight is 320 g/mol. The van der Waals surface area contributed by atoms with Crippen LogP contribution < -0.4 is 58.8 Å². The van der Waals surface area contributed by atoms with Crippen molar-refractivity contribution in [2.75, 3.05) is 13.0 Å². The number of H-pyrrole nitrogens is 1. The molecule has 12 heteroatoms. The van der Waals surface area contributed by atoms with Crippen molar-refractivity contribution in [2.24, 2.45) is 0 Å². The molecule has 0 aliphatic rings. The molecule has 1 aromatic rings. The summed E-state index contributed by atoms with van der Waals surface area (Å²) in [6.07, 6.45) is -0.408. The van der Waals surface area contributed by atoms with E-state index in [0.717, 1.165) is 4.57 Å². The molecular weight excluding hydrogens is 305 g/mol. The van der Waals surface area contributed by atoms with Gasteiger partial charge in [-0.2, -0.15) is 0 Å². The SMILES string of the molecule is CCc1cn(C[C@@H](CO)OCP(=O)([O-])[O-])c(=O)[nH]c1=O.[Li+].[Li+]. The molecule has 0 unspecified atom stereocenters. The van der Waals surface area contributed by atoms with E-state index in [4.69, 9.17) is 9.84 Å². The molecule has 2 N–H and O–H groups in total. The molecule has 22 heavy (non-hydrogen) atoms. The van der Waals surface area contributed by atoms with E-state index in [0.29, 0.717) is 12.0 Å². The van der Waals surface area contributed by atoms with Gasteiger partial charge < -0.3 is 24.2 Å². The van der Waals surface area contributed by atoms with Gasteiger partial charge >= 0.3 is 43.4 Å². The minimum absolute atomic E-state index is 0. The van der Waals surface area contributed by atoms with Gasteiger partial charge in [-0.05, 0) is 14.0 Å². The minimum atomic E-state index is -4.85. The van der Waals surface area contributed by atoms with Crippen molar-refractivity contribution in [1.82, 2.24) is 9.55 Å². The summed E-state index contributed by atoms with van der Waals surface area (Å²) in [5.74, 6) is 0. The Morgan fingerprint density at radius 2 is 2.00 bits per heavy atom. The number of hydrogen-bond acceptors (Lipinski definition) is 7. The Labute approximate surface area is 150 Å². The fraction of sp³-hybridized carbons (Fsp3) is 0.600. The van der Waals surface area contributed by atoms with Crippen LogP contribution in [-0.4, -0.2) is 33.7 Å². The minimum Gasteiger partial charge on any atom is -0.809 e. The van der Waals surface area contributed by atoms with Crippen molar-refractivity contribution < 1.29 is 61.9 Å². The third kappa shape index (κ3) is 7.98. The van der Waals surface area contributed by atoms with E-state index in [9.17, 15) is 23.9 Å². The topological polar surface area (TPSA) is 148 Å². The predicted molar refractivity (Wildman–Crippen MR) is 65.1 cm³/mol. The monoisotopic (exact) mass is 320 g/mol. The van der Waals surface area contributed by atoms with Crippen molar-refractivity contribution in [3.05, 3.63) is 32.6 Å². The van der Waals surface area contributed by atoms with Crippen molar-refractivity contribution in [2.45, 2.75) is 26.0 Å². The van der Waals surface area contributed by atoms with Crippen LogP contribution in [0.1, 0.15) is 12.5 Å². The van der Waals surface area contributed by atoms with E-state index in [1.54, 1.807) is 6.92 Å². The van der Waals surface area contributed by atoms with Gasteiger partial charge in [0.1, 0.15) is 0 Å². The van der Waals surface area contributed by atoms with Crippen LogP contribution in [0.3, 0.4) is 0 Å². The van der Waals surface area contributed by atoms with Crippen LogP contribution in [0.5, 0.6) is 0 Å². The maximum absolute atomic E-state index is 11.6. The Morgan fingerprint density at radius 1 is 1.41 bits per heavy atom. The first-order valence-electron chi connectivity index (χ1n) is 5.83. The molecule has 0 saturated carbocycles. The van der Waals surface area contributed by atoms with Gasteiger partial charge in [0.2, 0.25) is 0 Å². The largest absolute Gasteiger partial charge is 1.00 e. The van der Waals surface area contributed by atoms with Crippen LogP contribution in [0, 0.1) is 0 Å². The van der Waals surface area contributed by atoms with Crippen LogP contribution in [0.4, 0.5) is 0 Å². The molecule has 0 amide bonds. The van der Waals surface area contributed by atoms with Gasteiger partial charge in [-0.25, -0.2) is 4.79 Å². The molecule has 0 saturated heterocycles. The van der Waals surface area contributed by atoms with E-state index in [1.807, 2.05) is 0 Å². The molecule has 0 fully saturated rings. The Kier molecular flexibility index (Phi) is 11.7. The van der Waals surface area contributed by atoms with Crippen LogP contribution in [-0.2, 0) is 22.3 Å². The molecule has 1 atom stereocenters. The second kappa shape index (κ2) is 10.7. The molecule has 1 rings (SSSR count). The number of aliphatic hydroxyl groups excluding tert-OH is 1.